The van der Waals surface area contributed by atoms with E-state index in [0.29, 0.717) is 6.04 Å². The van der Waals surface area contributed by atoms with Gasteiger partial charge in [-0.15, -0.1) is 0 Å². The number of benzene rings is 1. The molecule has 0 bridgehead atoms. The minimum Gasteiger partial charge on any atom is -0.361 e. The maximum Gasteiger partial charge on any atom is 0.171 e. The molecule has 1 heterocycles. The molecule has 0 spiro atoms. The van der Waals surface area contributed by atoms with Gasteiger partial charge >= 0.3 is 0 Å². The van der Waals surface area contributed by atoms with Gasteiger partial charge in [0.25, 0.3) is 0 Å². The summed E-state index contributed by atoms with van der Waals surface area (Å²) in [7, 11) is 5.61. The fourth-order valence-corrected chi connectivity index (χ4v) is 4.73. The second-order valence-corrected chi connectivity index (χ2v) is 8.33. The topological polar surface area (TPSA) is 24.9 Å². The molecule has 0 aromatic heterocycles. The SMILES string of the molecule is COC1(OC)CC(N2CCCC2)C(N(C)C(=S)c2ccc(Br)cc2)C1. The molecule has 2 fully saturated rings. The van der Waals surface area contributed by atoms with Crippen LogP contribution in [0.1, 0.15) is 31.2 Å². The summed E-state index contributed by atoms with van der Waals surface area (Å²) in [6.45, 7) is 2.31. The molecular formula is C19H27BrN2O2S. The second-order valence-electron chi connectivity index (χ2n) is 7.03. The van der Waals surface area contributed by atoms with E-state index in [2.05, 4.69) is 44.9 Å². The van der Waals surface area contributed by atoms with Crippen LogP contribution < -0.4 is 0 Å². The molecule has 0 N–H and O–H groups in total. The Morgan fingerprint density at radius 2 is 1.76 bits per heavy atom. The molecule has 1 aromatic carbocycles. The monoisotopic (exact) mass is 426 g/mol. The van der Waals surface area contributed by atoms with E-state index in [-0.39, 0.29) is 6.04 Å². The fraction of sp³-hybridized carbons (Fsp3) is 0.632. The molecule has 6 heteroatoms. The van der Waals surface area contributed by atoms with Gasteiger partial charge in [-0.3, -0.25) is 4.90 Å². The molecule has 2 aliphatic rings. The maximum absolute atomic E-state index is 5.81. The first-order chi connectivity index (χ1) is 12.0. The van der Waals surface area contributed by atoms with E-state index >= 15 is 0 Å². The van der Waals surface area contributed by atoms with Crippen molar-refractivity contribution in [3.8, 4) is 0 Å². The fourth-order valence-electron chi connectivity index (χ4n) is 4.20. The van der Waals surface area contributed by atoms with E-state index < -0.39 is 5.79 Å². The zero-order valence-corrected chi connectivity index (χ0v) is 17.6. The highest BCUT2D eigenvalue weighted by molar-refractivity contribution is 9.10. The maximum atomic E-state index is 5.81. The number of hydrogen-bond acceptors (Lipinski definition) is 4. The Hall–Kier alpha value is -0.530. The zero-order valence-electron chi connectivity index (χ0n) is 15.2. The van der Waals surface area contributed by atoms with Crippen molar-refractivity contribution in [1.29, 1.82) is 0 Å². The number of hydrogen-bond donors (Lipinski definition) is 0. The van der Waals surface area contributed by atoms with Crippen LogP contribution in [0.2, 0.25) is 0 Å². The molecule has 1 aliphatic heterocycles. The van der Waals surface area contributed by atoms with Crippen molar-refractivity contribution in [2.75, 3.05) is 34.4 Å². The summed E-state index contributed by atoms with van der Waals surface area (Å²) < 4.78 is 12.7. The Kier molecular flexibility index (Phi) is 6.16. The van der Waals surface area contributed by atoms with E-state index in [9.17, 15) is 0 Å². The van der Waals surface area contributed by atoms with Crippen molar-refractivity contribution in [3.63, 3.8) is 0 Å². The number of rotatable bonds is 5. The van der Waals surface area contributed by atoms with E-state index in [1.807, 2.05) is 12.1 Å². The van der Waals surface area contributed by atoms with Gasteiger partial charge < -0.3 is 14.4 Å². The van der Waals surface area contributed by atoms with Gasteiger partial charge in [-0.05, 0) is 38.1 Å². The van der Waals surface area contributed by atoms with Crippen LogP contribution in [0.3, 0.4) is 0 Å². The van der Waals surface area contributed by atoms with Crippen LogP contribution in [0.4, 0.5) is 0 Å². The minimum absolute atomic E-state index is 0.286. The van der Waals surface area contributed by atoms with Crippen molar-refractivity contribution in [2.45, 2.75) is 43.6 Å². The molecule has 25 heavy (non-hydrogen) atoms. The van der Waals surface area contributed by atoms with Crippen LogP contribution in [0, 0.1) is 0 Å². The summed E-state index contributed by atoms with van der Waals surface area (Å²) in [6, 6.07) is 8.91. The number of likely N-dealkylation sites (tertiary alicyclic amines) is 1. The van der Waals surface area contributed by atoms with Gasteiger partial charge in [0.05, 0.1) is 6.04 Å². The Bertz CT molecular complexity index is 600. The number of nitrogens with zero attached hydrogens (tertiary/aromatic N) is 2. The largest absolute Gasteiger partial charge is 0.361 e. The molecule has 0 radical (unpaired) electrons. The molecule has 1 aliphatic carbocycles. The van der Waals surface area contributed by atoms with E-state index in [4.69, 9.17) is 21.7 Å². The van der Waals surface area contributed by atoms with Crippen molar-refractivity contribution in [3.05, 3.63) is 34.3 Å². The van der Waals surface area contributed by atoms with Crippen LogP contribution in [-0.2, 0) is 9.47 Å². The Labute approximate surface area is 164 Å². The average Bonchev–Trinajstić information content (AvgIpc) is 3.29. The molecule has 1 aromatic rings. The lowest BCUT2D eigenvalue weighted by Crippen LogP contribution is -2.48. The van der Waals surface area contributed by atoms with Gasteiger partial charge in [0.15, 0.2) is 5.79 Å². The third-order valence-corrected chi connectivity index (χ3v) is 6.80. The van der Waals surface area contributed by atoms with Crippen LogP contribution in [0.5, 0.6) is 0 Å². The van der Waals surface area contributed by atoms with Crippen molar-refractivity contribution in [1.82, 2.24) is 9.80 Å². The van der Waals surface area contributed by atoms with Gasteiger partial charge in [0, 0.05) is 50.2 Å². The summed E-state index contributed by atoms with van der Waals surface area (Å²) in [6.07, 6.45) is 4.26. The average molecular weight is 427 g/mol. The third kappa shape index (κ3) is 3.93. The zero-order chi connectivity index (χ0) is 18.0. The summed E-state index contributed by atoms with van der Waals surface area (Å²) in [5.41, 5.74) is 1.08. The first kappa shape index (κ1) is 19.2. The molecule has 4 nitrogen and oxygen atoms in total. The lowest BCUT2D eigenvalue weighted by Gasteiger charge is -2.36. The van der Waals surface area contributed by atoms with Gasteiger partial charge in [-0.2, -0.15) is 0 Å². The molecule has 1 saturated heterocycles. The predicted molar refractivity (Wildman–Crippen MR) is 108 cm³/mol. The van der Waals surface area contributed by atoms with Gasteiger partial charge in [0.2, 0.25) is 0 Å². The highest BCUT2D eigenvalue weighted by Crippen LogP contribution is 2.40. The lowest BCUT2D eigenvalue weighted by atomic mass is 10.1. The molecular weight excluding hydrogens is 400 g/mol. The molecule has 1 saturated carbocycles. The van der Waals surface area contributed by atoms with Crippen molar-refractivity contribution < 1.29 is 9.47 Å². The normalized spacial score (nSPS) is 26.1. The number of thiocarbonyl (C=S) groups is 1. The Morgan fingerprint density at radius 3 is 2.32 bits per heavy atom. The summed E-state index contributed by atoms with van der Waals surface area (Å²) in [5, 5.41) is 0. The van der Waals surface area contributed by atoms with Crippen molar-refractivity contribution in [2.24, 2.45) is 0 Å². The highest BCUT2D eigenvalue weighted by atomic mass is 79.9. The van der Waals surface area contributed by atoms with Gasteiger partial charge in [0.1, 0.15) is 4.99 Å². The minimum atomic E-state index is -0.512. The smallest absolute Gasteiger partial charge is 0.171 e. The number of halogens is 1. The van der Waals surface area contributed by atoms with E-state index in [0.717, 1.165) is 41.0 Å². The molecule has 2 unspecified atom stereocenters. The first-order valence-corrected chi connectivity index (χ1v) is 10.1. The molecule has 3 rings (SSSR count). The number of likely N-dealkylation sites (N-methyl/N-ethyl adjacent to an activating group) is 1. The summed E-state index contributed by atoms with van der Waals surface area (Å²) in [5.74, 6) is -0.512. The highest BCUT2D eigenvalue weighted by Gasteiger charge is 2.50. The quantitative estimate of drug-likeness (QED) is 0.528. The summed E-state index contributed by atoms with van der Waals surface area (Å²) in [4.78, 5) is 5.72. The third-order valence-electron chi connectivity index (χ3n) is 5.75. The van der Waals surface area contributed by atoms with Gasteiger partial charge in [-0.1, -0.05) is 40.3 Å². The van der Waals surface area contributed by atoms with E-state index in [1.54, 1.807) is 14.2 Å². The van der Waals surface area contributed by atoms with Crippen LogP contribution in [0.15, 0.2) is 28.7 Å². The van der Waals surface area contributed by atoms with Crippen LogP contribution in [-0.4, -0.2) is 67.0 Å². The number of methoxy groups -OCH3 is 2. The summed E-state index contributed by atoms with van der Waals surface area (Å²) >= 11 is 9.30. The van der Waals surface area contributed by atoms with Crippen LogP contribution in [0.25, 0.3) is 0 Å². The van der Waals surface area contributed by atoms with Crippen LogP contribution >= 0.6 is 28.1 Å². The van der Waals surface area contributed by atoms with Crippen molar-refractivity contribution >= 4 is 33.1 Å². The molecule has 2 atom stereocenters. The molecule has 0 amide bonds. The second kappa shape index (κ2) is 8.01. The van der Waals surface area contributed by atoms with E-state index in [1.165, 1.54) is 12.8 Å². The van der Waals surface area contributed by atoms with Gasteiger partial charge in [-0.25, -0.2) is 0 Å². The lowest BCUT2D eigenvalue weighted by molar-refractivity contribution is -0.204. The predicted octanol–water partition coefficient (Wildman–Crippen LogP) is 3.67. The Balaban J connectivity index is 1.83. The molecule has 138 valence electrons. The standard InChI is InChI=1S/C19H27BrN2O2S/c1-21(18(25)14-6-8-15(20)9-7-14)16-12-19(23-2,24-3)13-17(16)22-10-4-5-11-22/h6-9,16-17H,4-5,10-13H2,1-3H3. The first-order valence-electron chi connectivity index (χ1n) is 8.87. The number of ether oxygens (including phenoxy) is 2. The Morgan fingerprint density at radius 1 is 1.16 bits per heavy atom.